The van der Waals surface area contributed by atoms with Gasteiger partial charge in [0.25, 0.3) is 5.91 Å². The van der Waals surface area contributed by atoms with Crippen molar-refractivity contribution in [1.82, 2.24) is 0 Å². The molecule has 1 amide bonds. The zero-order valence-corrected chi connectivity index (χ0v) is 14.2. The Bertz CT molecular complexity index is 731. The second-order valence-electron chi connectivity index (χ2n) is 6.44. The molecule has 0 saturated carbocycles. The molecule has 0 aliphatic heterocycles. The zero-order valence-electron chi connectivity index (χ0n) is 14.2. The summed E-state index contributed by atoms with van der Waals surface area (Å²) in [6.45, 7) is 8.41. The molecule has 0 atom stereocenters. The number of amides is 1. The summed E-state index contributed by atoms with van der Waals surface area (Å²) in [5, 5.41) is 2.53. The molecule has 0 heterocycles. The first-order valence-electron chi connectivity index (χ1n) is 7.76. The first kappa shape index (κ1) is 17.9. The number of hydrogen-bond donors (Lipinski definition) is 1. The predicted octanol–water partition coefficient (Wildman–Crippen LogP) is 4.91. The number of carbonyl (C=O) groups excluding carboxylic acids is 1. The van der Waals surface area contributed by atoms with Crippen molar-refractivity contribution in [2.45, 2.75) is 33.1 Å². The Kier molecular flexibility index (Phi) is 5.22. The summed E-state index contributed by atoms with van der Waals surface area (Å²) in [6.07, 6.45) is 0. The Morgan fingerprint density at radius 2 is 1.75 bits per heavy atom. The van der Waals surface area contributed by atoms with Gasteiger partial charge in [-0.3, -0.25) is 4.79 Å². The lowest BCUT2D eigenvalue weighted by Gasteiger charge is -2.21. The van der Waals surface area contributed by atoms with Crippen LogP contribution in [0.2, 0.25) is 0 Å². The van der Waals surface area contributed by atoms with Crippen LogP contribution < -0.4 is 10.1 Å². The van der Waals surface area contributed by atoms with Crippen molar-refractivity contribution < 1.29 is 18.3 Å². The molecule has 0 saturated heterocycles. The Morgan fingerprint density at radius 1 is 1.12 bits per heavy atom. The minimum atomic E-state index is -0.906. The summed E-state index contributed by atoms with van der Waals surface area (Å²) in [6, 6.07) is 8.67. The van der Waals surface area contributed by atoms with E-state index in [1.54, 1.807) is 6.07 Å². The summed E-state index contributed by atoms with van der Waals surface area (Å²) in [7, 11) is 0. The zero-order chi connectivity index (χ0) is 17.9. The van der Waals surface area contributed by atoms with Gasteiger partial charge in [0.1, 0.15) is 22.9 Å². The molecule has 2 aromatic carbocycles. The van der Waals surface area contributed by atoms with Crippen molar-refractivity contribution in [1.29, 1.82) is 0 Å². The number of benzene rings is 2. The average Bonchev–Trinajstić information content (AvgIpc) is 2.48. The molecule has 0 bridgehead atoms. The van der Waals surface area contributed by atoms with Gasteiger partial charge in [-0.15, -0.1) is 0 Å². The highest BCUT2D eigenvalue weighted by Gasteiger charge is 2.20. The van der Waals surface area contributed by atoms with Crippen LogP contribution in [0.25, 0.3) is 0 Å². The third-order valence-electron chi connectivity index (χ3n) is 3.59. The molecule has 24 heavy (non-hydrogen) atoms. The van der Waals surface area contributed by atoms with Crippen LogP contribution >= 0.6 is 0 Å². The molecule has 0 spiro atoms. The quantitative estimate of drug-likeness (QED) is 0.863. The molecular formula is C19H21F2NO2. The number of carbonyl (C=O) groups is 1. The van der Waals surface area contributed by atoms with Crippen LogP contribution in [0.15, 0.2) is 36.4 Å². The number of anilines is 1. The standard InChI is InChI=1S/C19H21F2NO2/c1-5-24-16-11-12(19(2,3)4)9-10-15(16)22-18(23)17-13(20)7-6-8-14(17)21/h6-11H,5H2,1-4H3,(H,22,23). The summed E-state index contributed by atoms with van der Waals surface area (Å²) in [5.41, 5.74) is 0.699. The highest BCUT2D eigenvalue weighted by Crippen LogP contribution is 2.32. The summed E-state index contributed by atoms with van der Waals surface area (Å²) < 4.78 is 33.0. The lowest BCUT2D eigenvalue weighted by Crippen LogP contribution is -2.17. The molecule has 0 fully saturated rings. The number of rotatable bonds is 4. The topological polar surface area (TPSA) is 38.3 Å². The largest absolute Gasteiger partial charge is 0.492 e. The van der Waals surface area contributed by atoms with E-state index >= 15 is 0 Å². The minimum Gasteiger partial charge on any atom is -0.492 e. The van der Waals surface area contributed by atoms with Crippen molar-refractivity contribution in [3.63, 3.8) is 0 Å². The molecule has 0 aliphatic rings. The van der Waals surface area contributed by atoms with Gasteiger partial charge >= 0.3 is 0 Å². The normalized spacial score (nSPS) is 11.2. The number of hydrogen-bond acceptors (Lipinski definition) is 2. The smallest absolute Gasteiger partial charge is 0.261 e. The molecule has 2 aromatic rings. The molecule has 5 heteroatoms. The first-order valence-corrected chi connectivity index (χ1v) is 7.76. The highest BCUT2D eigenvalue weighted by atomic mass is 19.1. The van der Waals surface area contributed by atoms with Crippen molar-refractivity contribution in [3.05, 3.63) is 59.2 Å². The molecule has 0 radical (unpaired) electrons. The Labute approximate surface area is 140 Å². The fourth-order valence-electron chi connectivity index (χ4n) is 2.27. The van der Waals surface area contributed by atoms with Gasteiger partial charge in [0.2, 0.25) is 0 Å². The maximum Gasteiger partial charge on any atom is 0.261 e. The Balaban J connectivity index is 2.37. The van der Waals surface area contributed by atoms with Crippen LogP contribution in [0.4, 0.5) is 14.5 Å². The van der Waals surface area contributed by atoms with E-state index in [-0.39, 0.29) is 5.41 Å². The number of halogens is 2. The molecule has 1 N–H and O–H groups in total. The van der Waals surface area contributed by atoms with Crippen molar-refractivity contribution in [2.24, 2.45) is 0 Å². The summed E-state index contributed by atoms with van der Waals surface area (Å²) in [4.78, 5) is 12.2. The second-order valence-corrected chi connectivity index (χ2v) is 6.44. The Morgan fingerprint density at radius 3 is 2.29 bits per heavy atom. The monoisotopic (exact) mass is 333 g/mol. The van der Waals surface area contributed by atoms with Gasteiger partial charge in [-0.05, 0) is 42.2 Å². The van der Waals surface area contributed by atoms with E-state index in [0.717, 1.165) is 17.7 Å². The lowest BCUT2D eigenvalue weighted by atomic mass is 9.87. The summed E-state index contributed by atoms with van der Waals surface area (Å²) in [5.74, 6) is -2.20. The van der Waals surface area contributed by atoms with E-state index in [9.17, 15) is 13.6 Å². The van der Waals surface area contributed by atoms with Crippen LogP contribution in [0.5, 0.6) is 5.75 Å². The van der Waals surface area contributed by atoms with Gasteiger partial charge in [-0.1, -0.05) is 32.9 Å². The maximum absolute atomic E-state index is 13.7. The molecule has 3 nitrogen and oxygen atoms in total. The number of ether oxygens (including phenoxy) is 1. The first-order chi connectivity index (χ1) is 11.2. The van der Waals surface area contributed by atoms with Gasteiger partial charge < -0.3 is 10.1 Å². The van der Waals surface area contributed by atoms with Gasteiger partial charge in [-0.25, -0.2) is 8.78 Å². The van der Waals surface area contributed by atoms with Crippen molar-refractivity contribution in [2.75, 3.05) is 11.9 Å². The third-order valence-corrected chi connectivity index (χ3v) is 3.59. The fourth-order valence-corrected chi connectivity index (χ4v) is 2.27. The molecule has 128 valence electrons. The number of nitrogens with one attached hydrogen (secondary N) is 1. The minimum absolute atomic E-state index is 0.0912. The molecule has 0 unspecified atom stereocenters. The van der Waals surface area contributed by atoms with E-state index < -0.39 is 23.1 Å². The SMILES string of the molecule is CCOc1cc(C(C)(C)C)ccc1NC(=O)c1c(F)cccc1F. The van der Waals surface area contributed by atoms with E-state index in [0.29, 0.717) is 18.0 Å². The lowest BCUT2D eigenvalue weighted by molar-refractivity contribution is 0.101. The predicted molar refractivity (Wildman–Crippen MR) is 90.6 cm³/mol. The second kappa shape index (κ2) is 6.99. The van der Waals surface area contributed by atoms with Crippen molar-refractivity contribution in [3.8, 4) is 5.75 Å². The molecular weight excluding hydrogens is 312 g/mol. The van der Waals surface area contributed by atoms with Crippen LogP contribution in [-0.4, -0.2) is 12.5 Å². The van der Waals surface area contributed by atoms with Crippen molar-refractivity contribution >= 4 is 11.6 Å². The van der Waals surface area contributed by atoms with Gasteiger partial charge in [-0.2, -0.15) is 0 Å². The van der Waals surface area contributed by atoms with Crippen LogP contribution in [-0.2, 0) is 5.41 Å². The third kappa shape index (κ3) is 3.91. The van der Waals surface area contributed by atoms with Crippen LogP contribution in [0.3, 0.4) is 0 Å². The fraction of sp³-hybridized carbons (Fsp3) is 0.316. The van der Waals surface area contributed by atoms with E-state index in [4.69, 9.17) is 4.74 Å². The van der Waals surface area contributed by atoms with E-state index in [2.05, 4.69) is 26.1 Å². The average molecular weight is 333 g/mol. The van der Waals surface area contributed by atoms with E-state index in [1.165, 1.54) is 6.07 Å². The molecule has 2 rings (SSSR count). The molecule has 0 aromatic heterocycles. The highest BCUT2D eigenvalue weighted by molar-refractivity contribution is 6.05. The van der Waals surface area contributed by atoms with Crippen LogP contribution in [0, 0.1) is 11.6 Å². The van der Waals surface area contributed by atoms with Gasteiger partial charge in [0.15, 0.2) is 0 Å². The van der Waals surface area contributed by atoms with Crippen LogP contribution in [0.1, 0.15) is 43.6 Å². The summed E-state index contributed by atoms with van der Waals surface area (Å²) >= 11 is 0. The maximum atomic E-state index is 13.7. The Hall–Kier alpha value is -2.43. The van der Waals surface area contributed by atoms with Gasteiger partial charge in [0, 0.05) is 0 Å². The van der Waals surface area contributed by atoms with E-state index in [1.807, 2.05) is 19.1 Å². The molecule has 0 aliphatic carbocycles. The van der Waals surface area contributed by atoms with Gasteiger partial charge in [0.05, 0.1) is 12.3 Å².